The second kappa shape index (κ2) is 11.2. The molecule has 42 heavy (non-hydrogen) atoms. The fourth-order valence-electron chi connectivity index (χ4n) is 5.45. The van der Waals surface area contributed by atoms with Gasteiger partial charge in [-0.2, -0.15) is 5.26 Å². The number of hydrogen-bond acceptors (Lipinski definition) is 9. The molecule has 3 aromatic rings. The highest BCUT2D eigenvalue weighted by molar-refractivity contribution is 8.26. The summed E-state index contributed by atoms with van der Waals surface area (Å²) in [5.41, 5.74) is 2.09. The summed E-state index contributed by atoms with van der Waals surface area (Å²) in [5.74, 6) is 1.34. The van der Waals surface area contributed by atoms with Crippen LogP contribution in [0.25, 0.3) is 6.08 Å². The summed E-state index contributed by atoms with van der Waals surface area (Å²) < 4.78 is 27.2. The molecule has 3 aliphatic heterocycles. The molecule has 214 valence electrons. The molecule has 2 saturated heterocycles. The number of rotatable bonds is 5. The van der Waals surface area contributed by atoms with E-state index >= 15 is 0 Å². The van der Waals surface area contributed by atoms with Crippen LogP contribution in [-0.4, -0.2) is 52.7 Å². The van der Waals surface area contributed by atoms with Crippen molar-refractivity contribution in [3.63, 3.8) is 0 Å². The largest absolute Gasteiger partial charge is 0.454 e. The molecule has 2 fully saturated rings. The number of nitrogens with zero attached hydrogens (tertiary/aromatic N) is 5. The number of fused-ring (bicyclic) bond motifs is 1. The zero-order valence-electron chi connectivity index (χ0n) is 22.9. The van der Waals surface area contributed by atoms with Crippen LogP contribution in [0.2, 0.25) is 0 Å². The second-order valence-electron chi connectivity index (χ2n) is 10.1. The van der Waals surface area contributed by atoms with Crippen LogP contribution < -0.4 is 24.8 Å². The predicted octanol–water partition coefficient (Wildman–Crippen LogP) is 4.16. The van der Waals surface area contributed by atoms with Crippen LogP contribution in [0.3, 0.4) is 0 Å². The number of ether oxygens (including phenoxy) is 2. The molecule has 0 N–H and O–H groups in total. The number of benzene rings is 2. The van der Waals surface area contributed by atoms with E-state index in [1.54, 1.807) is 44.3 Å². The minimum atomic E-state index is -0.408. The first-order valence-electron chi connectivity index (χ1n) is 13.3. The van der Waals surface area contributed by atoms with E-state index in [-0.39, 0.29) is 30.6 Å². The van der Waals surface area contributed by atoms with Crippen LogP contribution in [-0.2, 0) is 18.4 Å². The van der Waals surface area contributed by atoms with Gasteiger partial charge < -0.3 is 19.3 Å². The third kappa shape index (κ3) is 4.88. The molecular weight excluding hydrogens is 577 g/mol. The number of aromatic nitrogens is 1. The molecule has 0 atom stereocenters. The summed E-state index contributed by atoms with van der Waals surface area (Å²) in [6, 6.07) is 14.2. The lowest BCUT2D eigenvalue weighted by atomic mass is 10.0. The third-order valence-electron chi connectivity index (χ3n) is 7.67. The number of carbonyl (C=O) groups is 1. The molecule has 3 aliphatic rings. The van der Waals surface area contributed by atoms with Gasteiger partial charge in [-0.15, -0.1) is 0 Å². The van der Waals surface area contributed by atoms with Gasteiger partial charge in [0.15, 0.2) is 11.5 Å². The van der Waals surface area contributed by atoms with E-state index in [0.717, 1.165) is 5.56 Å². The van der Waals surface area contributed by atoms with Gasteiger partial charge in [-0.1, -0.05) is 42.2 Å². The summed E-state index contributed by atoms with van der Waals surface area (Å²) in [4.78, 5) is 32.7. The van der Waals surface area contributed by atoms with Crippen molar-refractivity contribution in [3.05, 3.63) is 85.8 Å². The molecule has 2 aromatic carbocycles. The summed E-state index contributed by atoms with van der Waals surface area (Å²) in [7, 11) is 1.63. The lowest BCUT2D eigenvalue weighted by molar-refractivity contribution is -0.122. The standard InChI is InChI=1S/C30H26FN5O4S2/c1-18-20(14-26-29(38)36(30(41)42-26)16-19-7-8-24-25(13-19)40-17-39-24)27(33(2)28(37)21(18)15-32)35-11-9-34(10-12-35)23-6-4-3-5-22(23)31/h3-8,13-14H,9-12,16-17H2,1-2H3. The van der Waals surface area contributed by atoms with Crippen LogP contribution in [0.15, 0.2) is 52.2 Å². The highest BCUT2D eigenvalue weighted by atomic mass is 32.2. The van der Waals surface area contributed by atoms with E-state index in [1.807, 2.05) is 28.0 Å². The van der Waals surface area contributed by atoms with E-state index in [2.05, 4.69) is 0 Å². The summed E-state index contributed by atoms with van der Waals surface area (Å²) in [5, 5.41) is 9.80. The van der Waals surface area contributed by atoms with Crippen molar-refractivity contribution < 1.29 is 18.7 Å². The van der Waals surface area contributed by atoms with Gasteiger partial charge in [0.1, 0.15) is 27.6 Å². The molecule has 1 aromatic heterocycles. The smallest absolute Gasteiger partial charge is 0.270 e. The predicted molar refractivity (Wildman–Crippen MR) is 163 cm³/mol. The Morgan fingerprint density at radius 3 is 2.52 bits per heavy atom. The number of hydrogen-bond donors (Lipinski definition) is 0. The van der Waals surface area contributed by atoms with Crippen molar-refractivity contribution in [2.24, 2.45) is 7.05 Å². The molecule has 0 bridgehead atoms. The molecule has 0 saturated carbocycles. The van der Waals surface area contributed by atoms with Gasteiger partial charge in [0.05, 0.1) is 17.1 Å². The van der Waals surface area contributed by atoms with Crippen molar-refractivity contribution in [1.82, 2.24) is 9.47 Å². The lowest BCUT2D eigenvalue weighted by Crippen LogP contribution is -2.48. The highest BCUT2D eigenvalue weighted by Crippen LogP contribution is 2.38. The second-order valence-corrected chi connectivity index (χ2v) is 11.8. The van der Waals surface area contributed by atoms with Crippen molar-refractivity contribution >= 4 is 51.8 Å². The van der Waals surface area contributed by atoms with Crippen molar-refractivity contribution in [3.8, 4) is 17.6 Å². The van der Waals surface area contributed by atoms with Gasteiger partial charge in [-0.05, 0) is 48.4 Å². The average molecular weight is 604 g/mol. The molecule has 4 heterocycles. The van der Waals surface area contributed by atoms with Crippen LogP contribution >= 0.6 is 24.0 Å². The Hall–Kier alpha value is -4.34. The molecule has 1 amide bonds. The SMILES string of the molecule is Cc1c(C=C2SC(=S)N(Cc3ccc4c(c3)OCO4)C2=O)c(N2CCN(c3ccccc3F)CC2)n(C)c(=O)c1C#N. The van der Waals surface area contributed by atoms with E-state index in [0.29, 0.717) is 69.5 Å². The minimum Gasteiger partial charge on any atom is -0.454 e. The molecule has 0 radical (unpaired) electrons. The molecular formula is C30H26FN5O4S2. The molecule has 0 aliphatic carbocycles. The monoisotopic (exact) mass is 603 g/mol. The number of carbonyl (C=O) groups excluding carboxylic acids is 1. The molecule has 9 nitrogen and oxygen atoms in total. The maximum atomic E-state index is 14.4. The Bertz CT molecular complexity index is 1760. The first kappa shape index (κ1) is 27.8. The lowest BCUT2D eigenvalue weighted by Gasteiger charge is -2.38. The third-order valence-corrected chi connectivity index (χ3v) is 9.04. The van der Waals surface area contributed by atoms with Gasteiger partial charge in [0.2, 0.25) is 6.79 Å². The maximum Gasteiger partial charge on any atom is 0.270 e. The van der Waals surface area contributed by atoms with Gasteiger partial charge in [-0.3, -0.25) is 19.1 Å². The highest BCUT2D eigenvalue weighted by Gasteiger charge is 2.34. The fourth-order valence-corrected chi connectivity index (χ4v) is 6.69. The molecule has 0 unspecified atom stereocenters. The van der Waals surface area contributed by atoms with Crippen molar-refractivity contribution in [1.29, 1.82) is 5.26 Å². The quantitative estimate of drug-likeness (QED) is 0.315. The number of para-hydroxylation sites is 1. The molecule has 0 spiro atoms. The van der Waals surface area contributed by atoms with E-state index in [9.17, 15) is 19.2 Å². The van der Waals surface area contributed by atoms with Crippen LogP contribution in [0.1, 0.15) is 22.3 Å². The number of piperazine rings is 1. The number of thioether (sulfide) groups is 1. The van der Waals surface area contributed by atoms with Crippen molar-refractivity contribution in [2.75, 3.05) is 42.8 Å². The first-order chi connectivity index (χ1) is 20.3. The van der Waals surface area contributed by atoms with Crippen molar-refractivity contribution in [2.45, 2.75) is 13.5 Å². The zero-order valence-corrected chi connectivity index (χ0v) is 24.6. The maximum absolute atomic E-state index is 14.4. The Morgan fingerprint density at radius 1 is 1.07 bits per heavy atom. The normalized spacial score (nSPS) is 17.4. The van der Waals surface area contributed by atoms with Gasteiger partial charge in [-0.25, -0.2) is 4.39 Å². The number of thiocarbonyl (C=S) groups is 1. The van der Waals surface area contributed by atoms with Crippen LogP contribution in [0, 0.1) is 24.1 Å². The summed E-state index contributed by atoms with van der Waals surface area (Å²) in [6.45, 7) is 4.23. The van der Waals surface area contributed by atoms with Gasteiger partial charge >= 0.3 is 0 Å². The zero-order chi connectivity index (χ0) is 29.5. The Balaban J connectivity index is 1.32. The van der Waals surface area contributed by atoms with Crippen LogP contribution in [0.5, 0.6) is 11.5 Å². The Morgan fingerprint density at radius 2 is 1.79 bits per heavy atom. The van der Waals surface area contributed by atoms with E-state index in [1.165, 1.54) is 27.3 Å². The Kier molecular flexibility index (Phi) is 7.38. The topological polar surface area (TPSA) is 91.0 Å². The number of amides is 1. The number of anilines is 2. The number of pyridine rings is 1. The van der Waals surface area contributed by atoms with E-state index < -0.39 is 5.56 Å². The molecule has 12 heteroatoms. The first-order valence-corrected chi connectivity index (χ1v) is 14.5. The van der Waals surface area contributed by atoms with Crippen LogP contribution in [0.4, 0.5) is 15.9 Å². The summed E-state index contributed by atoms with van der Waals surface area (Å²) in [6.07, 6.45) is 1.73. The minimum absolute atomic E-state index is 0.0216. The number of halogens is 1. The number of nitriles is 1. The molecule has 6 rings (SSSR count). The van der Waals surface area contributed by atoms with Gasteiger partial charge in [0, 0.05) is 38.8 Å². The average Bonchev–Trinajstić information content (AvgIpc) is 3.56. The Labute approximate surface area is 251 Å². The van der Waals surface area contributed by atoms with E-state index in [4.69, 9.17) is 21.7 Å². The summed E-state index contributed by atoms with van der Waals surface area (Å²) >= 11 is 6.76. The van der Waals surface area contributed by atoms with Gasteiger partial charge in [0.25, 0.3) is 11.5 Å². The fraction of sp³-hybridized carbons (Fsp3) is 0.267.